The number of halogens is 2. The molecule has 0 aromatic heterocycles. The summed E-state index contributed by atoms with van der Waals surface area (Å²) >= 11 is 0. The van der Waals surface area contributed by atoms with Crippen molar-refractivity contribution in [2.24, 2.45) is 5.92 Å². The second kappa shape index (κ2) is 6.10. The van der Waals surface area contributed by atoms with Crippen LogP contribution >= 0.6 is 0 Å². The maximum absolute atomic E-state index is 13.4. The van der Waals surface area contributed by atoms with E-state index in [1.165, 1.54) is 12.1 Å². The summed E-state index contributed by atoms with van der Waals surface area (Å²) in [7, 11) is 0. The van der Waals surface area contributed by atoms with E-state index in [0.717, 1.165) is 31.7 Å². The molecule has 2 N–H and O–H groups in total. The normalized spacial score (nSPS) is 23.1. The molecule has 0 aliphatic heterocycles. The number of carbonyl (C=O) groups is 1. The van der Waals surface area contributed by atoms with Gasteiger partial charge in [0.1, 0.15) is 0 Å². The Kier molecular flexibility index (Phi) is 4.47. The number of rotatable bonds is 3. The van der Waals surface area contributed by atoms with Crippen LogP contribution in [0.25, 0.3) is 0 Å². The summed E-state index contributed by atoms with van der Waals surface area (Å²) in [4.78, 5) is 11.8. The lowest BCUT2D eigenvalue weighted by molar-refractivity contribution is 0.0906. The Morgan fingerprint density at radius 2 is 1.95 bits per heavy atom. The highest BCUT2D eigenvalue weighted by atomic mass is 19.2. The van der Waals surface area contributed by atoms with Crippen molar-refractivity contribution in [2.45, 2.75) is 31.8 Å². The standard InChI is InChI=1S/C14H17F2NO2/c15-12-3-1-2-11(13(12)16)14(19)17-8-9-4-6-10(18)7-5-9/h1-3,9-10,18H,4-8H2,(H,17,19). The molecule has 0 saturated heterocycles. The van der Waals surface area contributed by atoms with E-state index in [9.17, 15) is 18.7 Å². The maximum atomic E-state index is 13.4. The quantitative estimate of drug-likeness (QED) is 0.884. The Hall–Kier alpha value is -1.49. The summed E-state index contributed by atoms with van der Waals surface area (Å²) in [5.74, 6) is -2.43. The van der Waals surface area contributed by atoms with Crippen LogP contribution in [0.4, 0.5) is 8.78 Å². The third-order valence-corrected chi connectivity index (χ3v) is 3.56. The zero-order valence-electron chi connectivity index (χ0n) is 10.5. The van der Waals surface area contributed by atoms with Gasteiger partial charge < -0.3 is 10.4 Å². The van der Waals surface area contributed by atoms with Gasteiger partial charge in [0.05, 0.1) is 11.7 Å². The summed E-state index contributed by atoms with van der Waals surface area (Å²) < 4.78 is 26.4. The van der Waals surface area contributed by atoms with Gasteiger partial charge >= 0.3 is 0 Å². The van der Waals surface area contributed by atoms with E-state index >= 15 is 0 Å². The van der Waals surface area contributed by atoms with E-state index in [2.05, 4.69) is 5.32 Å². The van der Waals surface area contributed by atoms with Crippen molar-refractivity contribution >= 4 is 5.91 Å². The minimum absolute atomic E-state index is 0.243. The second-order valence-corrected chi connectivity index (χ2v) is 4.99. The first-order valence-corrected chi connectivity index (χ1v) is 6.48. The van der Waals surface area contributed by atoms with Gasteiger partial charge in [-0.15, -0.1) is 0 Å². The Bertz CT molecular complexity index is 457. The van der Waals surface area contributed by atoms with Crippen molar-refractivity contribution < 1.29 is 18.7 Å². The second-order valence-electron chi connectivity index (χ2n) is 4.99. The fourth-order valence-electron chi connectivity index (χ4n) is 2.36. The lowest BCUT2D eigenvalue weighted by Crippen LogP contribution is -2.32. The summed E-state index contributed by atoms with van der Waals surface area (Å²) in [6.07, 6.45) is 2.90. The van der Waals surface area contributed by atoms with Gasteiger partial charge in [0.2, 0.25) is 0 Å². The van der Waals surface area contributed by atoms with E-state index in [4.69, 9.17) is 0 Å². The molecule has 1 aliphatic carbocycles. The van der Waals surface area contributed by atoms with Crippen molar-refractivity contribution in [3.05, 3.63) is 35.4 Å². The summed E-state index contributed by atoms with van der Waals surface area (Å²) in [5.41, 5.74) is -0.268. The smallest absolute Gasteiger partial charge is 0.254 e. The van der Waals surface area contributed by atoms with Crippen LogP contribution in [0.15, 0.2) is 18.2 Å². The summed E-state index contributed by atoms with van der Waals surface area (Å²) in [6, 6.07) is 3.55. The molecule has 3 nitrogen and oxygen atoms in total. The molecule has 0 radical (unpaired) electrons. The van der Waals surface area contributed by atoms with Crippen molar-refractivity contribution in [1.82, 2.24) is 5.32 Å². The first kappa shape index (κ1) is 13.9. The Morgan fingerprint density at radius 1 is 1.26 bits per heavy atom. The molecule has 5 heteroatoms. The molecule has 0 unspecified atom stereocenters. The number of aliphatic hydroxyl groups excluding tert-OH is 1. The van der Waals surface area contributed by atoms with Gasteiger partial charge in [0.25, 0.3) is 5.91 Å². The fourth-order valence-corrected chi connectivity index (χ4v) is 2.36. The highest BCUT2D eigenvalue weighted by molar-refractivity contribution is 5.94. The van der Waals surface area contributed by atoms with E-state index in [-0.39, 0.29) is 11.7 Å². The van der Waals surface area contributed by atoms with Crippen LogP contribution < -0.4 is 5.32 Å². The number of nitrogens with one attached hydrogen (secondary N) is 1. The van der Waals surface area contributed by atoms with Gasteiger partial charge in [-0.3, -0.25) is 4.79 Å². The lowest BCUT2D eigenvalue weighted by atomic mass is 9.87. The lowest BCUT2D eigenvalue weighted by Gasteiger charge is -2.25. The number of benzene rings is 1. The van der Waals surface area contributed by atoms with Gasteiger partial charge in [0.15, 0.2) is 11.6 Å². The average Bonchev–Trinajstić information content (AvgIpc) is 2.41. The molecule has 19 heavy (non-hydrogen) atoms. The Balaban J connectivity index is 1.89. The summed E-state index contributed by atoms with van der Waals surface area (Å²) in [6.45, 7) is 0.432. The molecule has 1 fully saturated rings. The first-order valence-electron chi connectivity index (χ1n) is 6.48. The van der Waals surface area contributed by atoms with Gasteiger partial charge in [-0.1, -0.05) is 6.07 Å². The zero-order chi connectivity index (χ0) is 13.8. The molecule has 1 aromatic carbocycles. The molecule has 1 aromatic rings. The molecule has 0 atom stereocenters. The van der Waals surface area contributed by atoms with Crippen LogP contribution in [-0.2, 0) is 0 Å². The third-order valence-electron chi connectivity index (χ3n) is 3.56. The van der Waals surface area contributed by atoms with Crippen LogP contribution in [0.1, 0.15) is 36.0 Å². The predicted molar refractivity (Wildman–Crippen MR) is 66.7 cm³/mol. The number of aliphatic hydroxyl groups is 1. The monoisotopic (exact) mass is 269 g/mol. The van der Waals surface area contributed by atoms with Crippen LogP contribution in [0.3, 0.4) is 0 Å². The highest BCUT2D eigenvalue weighted by Crippen LogP contribution is 2.23. The Labute approximate surface area is 110 Å². The van der Waals surface area contributed by atoms with Gasteiger partial charge in [-0.2, -0.15) is 0 Å². The van der Waals surface area contributed by atoms with Gasteiger partial charge in [0, 0.05) is 6.54 Å². The molecule has 0 bridgehead atoms. The largest absolute Gasteiger partial charge is 0.393 e. The number of carbonyl (C=O) groups excluding carboxylic acids is 1. The van der Waals surface area contributed by atoms with Crippen LogP contribution in [0.5, 0.6) is 0 Å². The van der Waals surface area contributed by atoms with Gasteiger partial charge in [-0.25, -0.2) is 8.78 Å². The molecule has 2 rings (SSSR count). The molecular formula is C14H17F2NO2. The zero-order valence-corrected chi connectivity index (χ0v) is 10.5. The SMILES string of the molecule is O=C(NCC1CCC(O)CC1)c1cccc(F)c1F. The minimum Gasteiger partial charge on any atom is -0.393 e. The molecule has 1 amide bonds. The van der Waals surface area contributed by atoms with Crippen molar-refractivity contribution in [1.29, 1.82) is 0 Å². The van der Waals surface area contributed by atoms with E-state index in [0.29, 0.717) is 12.5 Å². The number of amides is 1. The minimum atomic E-state index is -1.11. The van der Waals surface area contributed by atoms with Crippen molar-refractivity contribution in [2.75, 3.05) is 6.54 Å². The van der Waals surface area contributed by atoms with Crippen LogP contribution in [0.2, 0.25) is 0 Å². The average molecular weight is 269 g/mol. The Morgan fingerprint density at radius 3 is 2.63 bits per heavy atom. The van der Waals surface area contributed by atoms with E-state index in [1.54, 1.807) is 0 Å². The van der Waals surface area contributed by atoms with Crippen molar-refractivity contribution in [3.63, 3.8) is 0 Å². The topological polar surface area (TPSA) is 49.3 Å². The highest BCUT2D eigenvalue weighted by Gasteiger charge is 2.21. The predicted octanol–water partition coefficient (Wildman–Crippen LogP) is 2.25. The molecular weight excluding hydrogens is 252 g/mol. The molecule has 1 aliphatic rings. The van der Waals surface area contributed by atoms with E-state index < -0.39 is 17.5 Å². The fraction of sp³-hybridized carbons (Fsp3) is 0.500. The van der Waals surface area contributed by atoms with E-state index in [1.807, 2.05) is 0 Å². The van der Waals surface area contributed by atoms with Crippen LogP contribution in [0, 0.1) is 17.6 Å². The third kappa shape index (κ3) is 3.50. The van der Waals surface area contributed by atoms with Crippen molar-refractivity contribution in [3.8, 4) is 0 Å². The molecule has 1 saturated carbocycles. The number of hydrogen-bond acceptors (Lipinski definition) is 2. The maximum Gasteiger partial charge on any atom is 0.254 e. The molecule has 0 spiro atoms. The molecule has 0 heterocycles. The summed E-state index contributed by atoms with van der Waals surface area (Å²) in [5, 5.41) is 12.0. The molecule has 104 valence electrons. The number of hydrogen-bond donors (Lipinski definition) is 2. The van der Waals surface area contributed by atoms with Gasteiger partial charge in [-0.05, 0) is 43.7 Å². The van der Waals surface area contributed by atoms with Crippen LogP contribution in [-0.4, -0.2) is 23.7 Å². The first-order chi connectivity index (χ1) is 9.08.